The minimum absolute atomic E-state index is 0.189. The standard InChI is InChI=1S/C14H28N2O2/c1-12-8-15-14(6-4-5-7-14)11-16(12)9-13(18-3)10-17-2/h12-13,15H,4-11H2,1-3H3. The molecule has 1 aliphatic carbocycles. The zero-order chi connectivity index (χ0) is 13.0. The molecule has 1 heterocycles. The highest BCUT2D eigenvalue weighted by Crippen LogP contribution is 2.33. The number of rotatable bonds is 5. The van der Waals surface area contributed by atoms with Gasteiger partial charge in [-0.2, -0.15) is 0 Å². The van der Waals surface area contributed by atoms with Gasteiger partial charge in [0.2, 0.25) is 0 Å². The van der Waals surface area contributed by atoms with E-state index in [1.54, 1.807) is 14.2 Å². The lowest BCUT2D eigenvalue weighted by Crippen LogP contribution is -2.63. The number of nitrogens with zero attached hydrogens (tertiary/aromatic N) is 1. The van der Waals surface area contributed by atoms with Crippen molar-refractivity contribution >= 4 is 0 Å². The van der Waals surface area contributed by atoms with E-state index in [-0.39, 0.29) is 6.10 Å². The molecule has 2 rings (SSSR count). The van der Waals surface area contributed by atoms with E-state index in [1.807, 2.05) is 0 Å². The molecule has 18 heavy (non-hydrogen) atoms. The number of nitrogens with one attached hydrogen (secondary N) is 1. The zero-order valence-corrected chi connectivity index (χ0v) is 12.1. The summed E-state index contributed by atoms with van der Waals surface area (Å²) in [5.41, 5.74) is 0.387. The second-order valence-electron chi connectivity index (χ2n) is 5.96. The molecule has 4 nitrogen and oxygen atoms in total. The molecule has 0 aromatic rings. The van der Waals surface area contributed by atoms with Crippen molar-refractivity contribution in [3.8, 4) is 0 Å². The molecule has 0 bridgehead atoms. The third-order valence-corrected chi connectivity index (χ3v) is 4.59. The van der Waals surface area contributed by atoms with E-state index in [9.17, 15) is 0 Å². The average Bonchev–Trinajstić information content (AvgIpc) is 2.82. The molecule has 1 aliphatic heterocycles. The van der Waals surface area contributed by atoms with Gasteiger partial charge in [0, 0.05) is 45.4 Å². The molecular weight excluding hydrogens is 228 g/mol. The molecule has 0 aromatic carbocycles. The molecule has 2 aliphatic rings. The monoisotopic (exact) mass is 256 g/mol. The lowest BCUT2D eigenvalue weighted by Gasteiger charge is -2.46. The second-order valence-corrected chi connectivity index (χ2v) is 5.96. The van der Waals surface area contributed by atoms with Crippen molar-refractivity contribution < 1.29 is 9.47 Å². The first-order chi connectivity index (χ1) is 8.69. The Morgan fingerprint density at radius 2 is 2.06 bits per heavy atom. The van der Waals surface area contributed by atoms with Gasteiger partial charge in [-0.3, -0.25) is 4.90 Å². The van der Waals surface area contributed by atoms with Gasteiger partial charge in [-0.15, -0.1) is 0 Å². The molecule has 0 radical (unpaired) electrons. The maximum Gasteiger partial charge on any atom is 0.0931 e. The second kappa shape index (κ2) is 6.33. The third-order valence-electron chi connectivity index (χ3n) is 4.59. The van der Waals surface area contributed by atoms with E-state index < -0.39 is 0 Å². The van der Waals surface area contributed by atoms with E-state index in [0.717, 1.165) is 19.6 Å². The highest BCUT2D eigenvalue weighted by Gasteiger charge is 2.40. The molecule has 4 heteroatoms. The molecule has 0 amide bonds. The summed E-state index contributed by atoms with van der Waals surface area (Å²) in [4.78, 5) is 2.58. The van der Waals surface area contributed by atoms with Gasteiger partial charge in [0.05, 0.1) is 12.7 Å². The Bertz CT molecular complexity index is 254. The van der Waals surface area contributed by atoms with Crippen LogP contribution in [0.5, 0.6) is 0 Å². The first-order valence-electron chi connectivity index (χ1n) is 7.20. The normalized spacial score (nSPS) is 29.8. The molecule has 2 unspecified atom stereocenters. The Kier molecular flexibility index (Phi) is 5.01. The molecule has 1 saturated carbocycles. The summed E-state index contributed by atoms with van der Waals surface area (Å²) in [6, 6.07) is 0.589. The van der Waals surface area contributed by atoms with Crippen molar-refractivity contribution in [3.63, 3.8) is 0 Å². The van der Waals surface area contributed by atoms with E-state index in [0.29, 0.717) is 18.2 Å². The summed E-state index contributed by atoms with van der Waals surface area (Å²) in [6.45, 7) is 6.23. The average molecular weight is 256 g/mol. The van der Waals surface area contributed by atoms with Gasteiger partial charge in [-0.25, -0.2) is 0 Å². The van der Waals surface area contributed by atoms with Crippen LogP contribution in [0, 0.1) is 0 Å². The first kappa shape index (κ1) is 14.3. The summed E-state index contributed by atoms with van der Waals surface area (Å²) >= 11 is 0. The maximum atomic E-state index is 5.51. The van der Waals surface area contributed by atoms with Crippen molar-refractivity contribution in [2.45, 2.75) is 50.3 Å². The lowest BCUT2D eigenvalue weighted by atomic mass is 9.92. The van der Waals surface area contributed by atoms with Crippen LogP contribution in [0.4, 0.5) is 0 Å². The number of hydrogen-bond donors (Lipinski definition) is 1. The minimum Gasteiger partial charge on any atom is -0.382 e. The highest BCUT2D eigenvalue weighted by atomic mass is 16.5. The van der Waals surface area contributed by atoms with Crippen LogP contribution in [0.25, 0.3) is 0 Å². The van der Waals surface area contributed by atoms with E-state index in [1.165, 1.54) is 25.7 Å². The summed E-state index contributed by atoms with van der Waals surface area (Å²) in [5, 5.41) is 3.78. The molecule has 1 N–H and O–H groups in total. The Morgan fingerprint density at radius 1 is 1.33 bits per heavy atom. The van der Waals surface area contributed by atoms with Crippen LogP contribution in [-0.4, -0.2) is 63.0 Å². The zero-order valence-electron chi connectivity index (χ0n) is 12.1. The van der Waals surface area contributed by atoms with E-state index >= 15 is 0 Å². The molecular formula is C14H28N2O2. The summed E-state index contributed by atoms with van der Waals surface area (Å²) in [7, 11) is 3.52. The predicted octanol–water partition coefficient (Wildman–Crippen LogP) is 1.25. The molecule has 2 atom stereocenters. The third kappa shape index (κ3) is 3.23. The van der Waals surface area contributed by atoms with Gasteiger partial charge in [-0.05, 0) is 19.8 Å². The van der Waals surface area contributed by atoms with Crippen LogP contribution < -0.4 is 5.32 Å². The molecule has 1 spiro atoms. The Morgan fingerprint density at radius 3 is 2.67 bits per heavy atom. The van der Waals surface area contributed by atoms with Crippen molar-refractivity contribution in [2.75, 3.05) is 40.5 Å². The van der Waals surface area contributed by atoms with Gasteiger partial charge in [-0.1, -0.05) is 12.8 Å². The largest absolute Gasteiger partial charge is 0.382 e. The topological polar surface area (TPSA) is 33.7 Å². The number of hydrogen-bond acceptors (Lipinski definition) is 4. The smallest absolute Gasteiger partial charge is 0.0931 e. The molecule has 0 aromatic heterocycles. The lowest BCUT2D eigenvalue weighted by molar-refractivity contribution is -0.0173. The van der Waals surface area contributed by atoms with Crippen LogP contribution in [-0.2, 0) is 9.47 Å². The fourth-order valence-electron chi connectivity index (χ4n) is 3.37. The summed E-state index contributed by atoms with van der Waals surface area (Å²) < 4.78 is 10.7. The Balaban J connectivity index is 1.92. The Hall–Kier alpha value is -0.160. The van der Waals surface area contributed by atoms with Gasteiger partial charge in [0.15, 0.2) is 0 Å². The van der Waals surface area contributed by atoms with E-state index in [4.69, 9.17) is 9.47 Å². The van der Waals surface area contributed by atoms with Crippen LogP contribution >= 0.6 is 0 Å². The van der Waals surface area contributed by atoms with Gasteiger partial charge in [0.25, 0.3) is 0 Å². The number of piperazine rings is 1. The minimum atomic E-state index is 0.189. The molecule has 106 valence electrons. The van der Waals surface area contributed by atoms with Gasteiger partial charge >= 0.3 is 0 Å². The number of ether oxygens (including phenoxy) is 2. The van der Waals surface area contributed by atoms with Crippen molar-refractivity contribution in [3.05, 3.63) is 0 Å². The summed E-state index contributed by atoms with van der Waals surface area (Å²) in [6.07, 6.45) is 5.60. The van der Waals surface area contributed by atoms with Gasteiger partial charge in [0.1, 0.15) is 0 Å². The van der Waals surface area contributed by atoms with Crippen LogP contribution in [0.1, 0.15) is 32.6 Å². The maximum absolute atomic E-state index is 5.51. The fourth-order valence-corrected chi connectivity index (χ4v) is 3.37. The van der Waals surface area contributed by atoms with Crippen molar-refractivity contribution in [2.24, 2.45) is 0 Å². The SMILES string of the molecule is COCC(CN1CC2(CCCC2)NCC1C)OC. The Labute approximate surface area is 111 Å². The molecule has 1 saturated heterocycles. The van der Waals surface area contributed by atoms with Crippen molar-refractivity contribution in [1.82, 2.24) is 10.2 Å². The number of methoxy groups -OCH3 is 2. The van der Waals surface area contributed by atoms with Gasteiger partial charge < -0.3 is 14.8 Å². The summed E-state index contributed by atoms with van der Waals surface area (Å²) in [5.74, 6) is 0. The fraction of sp³-hybridized carbons (Fsp3) is 1.00. The van der Waals surface area contributed by atoms with Crippen LogP contribution in [0.15, 0.2) is 0 Å². The predicted molar refractivity (Wildman–Crippen MR) is 72.9 cm³/mol. The molecule has 2 fully saturated rings. The van der Waals surface area contributed by atoms with Crippen LogP contribution in [0.3, 0.4) is 0 Å². The first-order valence-corrected chi connectivity index (χ1v) is 7.20. The van der Waals surface area contributed by atoms with Crippen molar-refractivity contribution in [1.29, 1.82) is 0 Å². The van der Waals surface area contributed by atoms with E-state index in [2.05, 4.69) is 17.1 Å². The highest BCUT2D eigenvalue weighted by molar-refractivity contribution is 5.00. The van der Waals surface area contributed by atoms with Crippen LogP contribution in [0.2, 0.25) is 0 Å². The quantitative estimate of drug-likeness (QED) is 0.803.